The van der Waals surface area contributed by atoms with Crippen LogP contribution in [-0.4, -0.2) is 93.7 Å². The highest BCUT2D eigenvalue weighted by atomic mass is 16.2. The Morgan fingerprint density at radius 2 is 1.79 bits per heavy atom. The summed E-state index contributed by atoms with van der Waals surface area (Å²) in [4.78, 5) is 23.8. The summed E-state index contributed by atoms with van der Waals surface area (Å²) < 4.78 is 1.98. The second kappa shape index (κ2) is 10.6. The zero-order valence-electron chi connectivity index (χ0n) is 18.2. The van der Waals surface area contributed by atoms with Gasteiger partial charge in [-0.3, -0.25) is 9.69 Å². The van der Waals surface area contributed by atoms with Gasteiger partial charge in [0, 0.05) is 52.9 Å². The number of nitrogens with zero attached hydrogens (tertiary/aromatic N) is 7. The molecule has 0 radical (unpaired) electrons. The molecule has 1 N–H and O–H groups in total. The molecular formula is C20H36N8O. The fourth-order valence-electron chi connectivity index (χ4n) is 3.75. The van der Waals surface area contributed by atoms with Crippen molar-refractivity contribution in [1.29, 1.82) is 0 Å². The molecule has 1 aromatic heterocycles. The number of unbranched alkanes of at least 4 members (excludes halogenated alkanes) is 1. The number of guanidine groups is 1. The summed E-state index contributed by atoms with van der Waals surface area (Å²) in [6.45, 7) is 11.5. The molecule has 1 amide bonds. The molecule has 3 heterocycles. The fraction of sp³-hybridized carbons (Fsp3) is 0.800. The first kappa shape index (κ1) is 21.5. The maximum absolute atomic E-state index is 12.4. The lowest BCUT2D eigenvalue weighted by molar-refractivity contribution is -0.131. The van der Waals surface area contributed by atoms with Crippen LogP contribution in [0.4, 0.5) is 0 Å². The number of carbonyl (C=O) groups excluding carboxylic acids is 1. The van der Waals surface area contributed by atoms with Gasteiger partial charge >= 0.3 is 0 Å². The molecule has 0 unspecified atom stereocenters. The van der Waals surface area contributed by atoms with Crippen LogP contribution in [0.1, 0.15) is 44.3 Å². The number of hydrogen-bond donors (Lipinski definition) is 1. The number of piperazine rings is 1. The molecule has 2 aliphatic heterocycles. The second-order valence-corrected chi connectivity index (χ2v) is 7.99. The Hall–Kier alpha value is -2.16. The first-order valence-corrected chi connectivity index (χ1v) is 11.0. The Labute approximate surface area is 174 Å². The van der Waals surface area contributed by atoms with Crippen LogP contribution in [0, 0.1) is 6.92 Å². The van der Waals surface area contributed by atoms with Crippen molar-refractivity contribution in [3.05, 3.63) is 11.6 Å². The van der Waals surface area contributed by atoms with E-state index in [-0.39, 0.29) is 5.91 Å². The van der Waals surface area contributed by atoms with Crippen LogP contribution in [-0.2, 0) is 18.4 Å². The lowest BCUT2D eigenvalue weighted by Crippen LogP contribution is -2.54. The third kappa shape index (κ3) is 5.91. The molecule has 29 heavy (non-hydrogen) atoms. The number of nitrogens with one attached hydrogen (secondary N) is 1. The van der Waals surface area contributed by atoms with Gasteiger partial charge in [-0.25, -0.2) is 4.99 Å². The van der Waals surface area contributed by atoms with E-state index in [0.29, 0.717) is 13.1 Å². The standard InChI is InChI=1S/C20H36N8O/c1-4-5-8-21-20(22-15-18-24-23-17(2)25(18)3)28-13-11-26(12-14-28)16-19(29)27-9-6-7-10-27/h4-16H2,1-3H3,(H,21,22). The molecule has 2 fully saturated rings. The van der Waals surface area contributed by atoms with Crippen LogP contribution >= 0.6 is 0 Å². The van der Waals surface area contributed by atoms with Gasteiger partial charge in [0.2, 0.25) is 5.91 Å². The number of rotatable bonds is 7. The Balaban J connectivity index is 1.54. The molecule has 9 heteroatoms. The molecule has 2 aliphatic rings. The van der Waals surface area contributed by atoms with Crippen LogP contribution in [0.5, 0.6) is 0 Å². The Morgan fingerprint density at radius 1 is 1.07 bits per heavy atom. The Bertz CT molecular complexity index is 687. The fourth-order valence-corrected chi connectivity index (χ4v) is 3.75. The number of aliphatic imine (C=N–C) groups is 1. The monoisotopic (exact) mass is 404 g/mol. The molecule has 0 bridgehead atoms. The predicted molar refractivity (Wildman–Crippen MR) is 114 cm³/mol. The van der Waals surface area contributed by atoms with Gasteiger partial charge < -0.3 is 19.7 Å². The third-order valence-corrected chi connectivity index (χ3v) is 5.86. The Morgan fingerprint density at radius 3 is 2.41 bits per heavy atom. The molecule has 2 saturated heterocycles. The van der Waals surface area contributed by atoms with Crippen LogP contribution in [0.3, 0.4) is 0 Å². The number of likely N-dealkylation sites (tertiary alicyclic amines) is 1. The van der Waals surface area contributed by atoms with Crippen molar-refractivity contribution in [3.63, 3.8) is 0 Å². The minimum absolute atomic E-state index is 0.281. The van der Waals surface area contributed by atoms with Crippen molar-refractivity contribution >= 4 is 11.9 Å². The van der Waals surface area contributed by atoms with Crippen molar-refractivity contribution in [3.8, 4) is 0 Å². The molecular weight excluding hydrogens is 368 g/mol. The summed E-state index contributed by atoms with van der Waals surface area (Å²) in [7, 11) is 1.97. The maximum atomic E-state index is 12.4. The molecule has 162 valence electrons. The number of amides is 1. The lowest BCUT2D eigenvalue weighted by Gasteiger charge is -2.36. The smallest absolute Gasteiger partial charge is 0.236 e. The van der Waals surface area contributed by atoms with Gasteiger partial charge in [-0.1, -0.05) is 13.3 Å². The maximum Gasteiger partial charge on any atom is 0.236 e. The van der Waals surface area contributed by atoms with Gasteiger partial charge in [0.1, 0.15) is 12.4 Å². The predicted octanol–water partition coefficient (Wildman–Crippen LogP) is 0.609. The van der Waals surface area contributed by atoms with Gasteiger partial charge in [0.15, 0.2) is 11.8 Å². The number of aromatic nitrogens is 3. The average Bonchev–Trinajstić information content (AvgIpc) is 3.37. The summed E-state index contributed by atoms with van der Waals surface area (Å²) in [6.07, 6.45) is 4.56. The molecule has 0 saturated carbocycles. The molecule has 9 nitrogen and oxygen atoms in total. The highest BCUT2D eigenvalue weighted by Gasteiger charge is 2.24. The molecule has 0 aliphatic carbocycles. The topological polar surface area (TPSA) is 81.9 Å². The summed E-state index contributed by atoms with van der Waals surface area (Å²) in [5.74, 6) is 2.98. The van der Waals surface area contributed by atoms with Gasteiger partial charge in [0.05, 0.1) is 6.54 Å². The van der Waals surface area contributed by atoms with Crippen molar-refractivity contribution in [2.45, 2.75) is 46.1 Å². The average molecular weight is 405 g/mol. The van der Waals surface area contributed by atoms with E-state index in [9.17, 15) is 4.79 Å². The second-order valence-electron chi connectivity index (χ2n) is 7.99. The largest absolute Gasteiger partial charge is 0.356 e. The van der Waals surface area contributed by atoms with Crippen molar-refractivity contribution in [2.75, 3.05) is 52.4 Å². The van der Waals surface area contributed by atoms with Gasteiger partial charge in [-0.05, 0) is 26.2 Å². The van der Waals surface area contributed by atoms with Gasteiger partial charge in [0.25, 0.3) is 0 Å². The van der Waals surface area contributed by atoms with E-state index < -0.39 is 0 Å². The molecule has 0 aromatic carbocycles. The van der Waals surface area contributed by atoms with Crippen LogP contribution < -0.4 is 5.32 Å². The summed E-state index contributed by atoms with van der Waals surface area (Å²) in [6, 6.07) is 0. The zero-order valence-corrected chi connectivity index (χ0v) is 18.2. The SMILES string of the molecule is CCCCNC(=NCc1nnc(C)n1C)N1CCN(CC(=O)N2CCCC2)CC1. The van der Waals surface area contributed by atoms with Gasteiger partial charge in [-0.2, -0.15) is 0 Å². The van der Waals surface area contributed by atoms with E-state index in [0.717, 1.165) is 89.1 Å². The van der Waals surface area contributed by atoms with E-state index in [1.165, 1.54) is 0 Å². The Kier molecular flexibility index (Phi) is 7.85. The number of aryl methyl sites for hydroxylation is 1. The van der Waals surface area contributed by atoms with E-state index in [1.807, 2.05) is 23.4 Å². The zero-order chi connectivity index (χ0) is 20.6. The number of hydrogen-bond acceptors (Lipinski definition) is 5. The normalized spacial score (nSPS) is 18.5. The van der Waals surface area contributed by atoms with E-state index in [1.54, 1.807) is 0 Å². The highest BCUT2D eigenvalue weighted by Crippen LogP contribution is 2.10. The highest BCUT2D eigenvalue weighted by molar-refractivity contribution is 5.80. The minimum atomic E-state index is 0.281. The summed E-state index contributed by atoms with van der Waals surface area (Å²) in [5, 5.41) is 11.9. The van der Waals surface area contributed by atoms with Crippen LogP contribution in [0.25, 0.3) is 0 Å². The van der Waals surface area contributed by atoms with Crippen molar-refractivity contribution < 1.29 is 4.79 Å². The molecule has 0 spiro atoms. The van der Waals surface area contributed by atoms with Crippen molar-refractivity contribution in [1.82, 2.24) is 34.8 Å². The number of carbonyl (C=O) groups is 1. The van der Waals surface area contributed by atoms with E-state index in [4.69, 9.17) is 4.99 Å². The molecule has 1 aromatic rings. The summed E-state index contributed by atoms with van der Waals surface area (Å²) in [5.41, 5.74) is 0. The molecule has 0 atom stereocenters. The van der Waals surface area contributed by atoms with Gasteiger partial charge in [-0.15, -0.1) is 10.2 Å². The first-order chi connectivity index (χ1) is 14.1. The van der Waals surface area contributed by atoms with E-state index >= 15 is 0 Å². The minimum Gasteiger partial charge on any atom is -0.356 e. The van der Waals surface area contributed by atoms with Crippen molar-refractivity contribution in [2.24, 2.45) is 12.0 Å². The molecule has 3 rings (SSSR count). The third-order valence-electron chi connectivity index (χ3n) is 5.86. The van der Waals surface area contributed by atoms with Crippen LogP contribution in [0.2, 0.25) is 0 Å². The van der Waals surface area contributed by atoms with E-state index in [2.05, 4.69) is 32.2 Å². The lowest BCUT2D eigenvalue weighted by atomic mass is 10.3. The first-order valence-electron chi connectivity index (χ1n) is 11.0. The van der Waals surface area contributed by atoms with Crippen LogP contribution in [0.15, 0.2) is 4.99 Å². The summed E-state index contributed by atoms with van der Waals surface area (Å²) >= 11 is 0. The quantitative estimate of drug-likeness (QED) is 0.407.